The van der Waals surface area contributed by atoms with Crippen molar-refractivity contribution in [1.82, 2.24) is 14.9 Å². The van der Waals surface area contributed by atoms with Crippen LogP contribution in [-0.4, -0.2) is 39.7 Å². The molecule has 1 aliphatic heterocycles. The Bertz CT molecular complexity index is 624. The van der Waals surface area contributed by atoms with Gasteiger partial charge in [0, 0.05) is 13.1 Å². The van der Waals surface area contributed by atoms with Crippen LogP contribution in [0.1, 0.15) is 39.3 Å². The Hall–Kier alpha value is -1.58. The van der Waals surface area contributed by atoms with Crippen molar-refractivity contribution in [3.05, 3.63) is 22.2 Å². The summed E-state index contributed by atoms with van der Waals surface area (Å²) in [5.41, 5.74) is -0.877. The minimum atomic E-state index is -0.825. The number of nitrogens with zero attached hydrogens (tertiary/aromatic N) is 4. The van der Waals surface area contributed by atoms with Gasteiger partial charge < -0.3 is 9.64 Å². The molecule has 0 aromatic carbocycles. The number of amides is 1. The quantitative estimate of drug-likeness (QED) is 0.567. The van der Waals surface area contributed by atoms with Gasteiger partial charge in [-0.05, 0) is 51.3 Å². The Labute approximate surface area is 145 Å². The van der Waals surface area contributed by atoms with E-state index in [2.05, 4.69) is 16.0 Å². The van der Waals surface area contributed by atoms with E-state index in [0.717, 1.165) is 0 Å². The topological polar surface area (TPSA) is 79.1 Å². The van der Waals surface area contributed by atoms with Crippen molar-refractivity contribution in [2.75, 3.05) is 13.1 Å². The van der Waals surface area contributed by atoms with Crippen LogP contribution in [0.2, 0.25) is 10.4 Å². The zero-order valence-corrected chi connectivity index (χ0v) is 14.8. The fourth-order valence-electron chi connectivity index (χ4n) is 2.46. The summed E-state index contributed by atoms with van der Waals surface area (Å²) in [6.45, 7) is 6.27. The molecule has 1 fully saturated rings. The number of piperidine rings is 1. The van der Waals surface area contributed by atoms with Gasteiger partial charge in [0.25, 0.3) is 0 Å². The van der Waals surface area contributed by atoms with Crippen LogP contribution in [0.5, 0.6) is 0 Å². The maximum Gasteiger partial charge on any atom is 0.410 e. The first kappa shape index (κ1) is 17.8. The van der Waals surface area contributed by atoms with Crippen molar-refractivity contribution in [3.8, 4) is 6.07 Å². The molecule has 23 heavy (non-hydrogen) atoms. The van der Waals surface area contributed by atoms with Crippen LogP contribution in [0.25, 0.3) is 0 Å². The molecule has 124 valence electrons. The molecule has 1 aromatic rings. The summed E-state index contributed by atoms with van der Waals surface area (Å²) >= 11 is 11.7. The highest BCUT2D eigenvalue weighted by Gasteiger charge is 2.40. The Morgan fingerprint density at radius 1 is 1.35 bits per heavy atom. The first-order valence-corrected chi connectivity index (χ1v) is 8.00. The van der Waals surface area contributed by atoms with Crippen molar-refractivity contribution >= 4 is 29.3 Å². The van der Waals surface area contributed by atoms with Crippen molar-refractivity contribution in [3.63, 3.8) is 0 Å². The summed E-state index contributed by atoms with van der Waals surface area (Å²) < 4.78 is 5.36. The second-order valence-electron chi connectivity index (χ2n) is 6.51. The highest BCUT2D eigenvalue weighted by Crippen LogP contribution is 2.35. The molecule has 1 aromatic heterocycles. The number of likely N-dealkylation sites (tertiary alicyclic amines) is 1. The zero-order chi connectivity index (χ0) is 17.3. The standard InChI is InChI=1S/C15H18Cl2N4O2/c1-14(2,3)23-13(22)21-6-4-15(9-18,5-7-21)10-8-11(16)20-12(17)19-10/h8H,4-7H2,1-3H3. The number of hydrogen-bond donors (Lipinski definition) is 0. The van der Waals surface area contributed by atoms with Gasteiger partial charge in [-0.25, -0.2) is 14.8 Å². The molecule has 1 aliphatic rings. The third kappa shape index (κ3) is 4.24. The molecule has 0 N–H and O–H groups in total. The zero-order valence-electron chi connectivity index (χ0n) is 13.3. The van der Waals surface area contributed by atoms with Gasteiger partial charge in [0.05, 0.1) is 11.8 Å². The molecular formula is C15H18Cl2N4O2. The molecular weight excluding hydrogens is 339 g/mol. The predicted molar refractivity (Wildman–Crippen MR) is 86.4 cm³/mol. The highest BCUT2D eigenvalue weighted by atomic mass is 35.5. The van der Waals surface area contributed by atoms with Crippen LogP contribution in [0.3, 0.4) is 0 Å². The van der Waals surface area contributed by atoms with E-state index >= 15 is 0 Å². The van der Waals surface area contributed by atoms with E-state index in [1.54, 1.807) is 11.0 Å². The fourth-order valence-corrected chi connectivity index (χ4v) is 2.87. The lowest BCUT2D eigenvalue weighted by Gasteiger charge is -2.37. The summed E-state index contributed by atoms with van der Waals surface area (Å²) in [5, 5.41) is 9.87. The molecule has 6 nitrogen and oxygen atoms in total. The monoisotopic (exact) mass is 356 g/mol. The first-order chi connectivity index (χ1) is 10.6. The van der Waals surface area contributed by atoms with Gasteiger partial charge in [-0.1, -0.05) is 11.6 Å². The second-order valence-corrected chi connectivity index (χ2v) is 7.23. The minimum absolute atomic E-state index is 0.0108. The maximum absolute atomic E-state index is 12.1. The Kier molecular flexibility index (Phi) is 5.02. The van der Waals surface area contributed by atoms with E-state index < -0.39 is 11.0 Å². The number of halogens is 2. The molecule has 1 saturated heterocycles. The predicted octanol–water partition coefficient (Wildman–Crippen LogP) is 3.58. The van der Waals surface area contributed by atoms with Crippen LogP contribution in [0.4, 0.5) is 4.79 Å². The molecule has 0 unspecified atom stereocenters. The third-order valence-corrected chi connectivity index (χ3v) is 4.00. The average Bonchev–Trinajstić information content (AvgIpc) is 2.44. The molecule has 2 heterocycles. The van der Waals surface area contributed by atoms with Crippen molar-refractivity contribution in [2.24, 2.45) is 0 Å². The van der Waals surface area contributed by atoms with E-state index in [1.807, 2.05) is 20.8 Å². The molecule has 0 aliphatic carbocycles. The van der Waals surface area contributed by atoms with Gasteiger partial charge in [0.15, 0.2) is 0 Å². The van der Waals surface area contributed by atoms with Gasteiger partial charge in [-0.15, -0.1) is 0 Å². The van der Waals surface area contributed by atoms with E-state index in [9.17, 15) is 10.1 Å². The van der Waals surface area contributed by atoms with Crippen LogP contribution in [0, 0.1) is 11.3 Å². The molecule has 0 bridgehead atoms. The number of hydrogen-bond acceptors (Lipinski definition) is 5. The molecule has 8 heteroatoms. The number of aromatic nitrogens is 2. The van der Waals surface area contributed by atoms with E-state index in [-0.39, 0.29) is 16.5 Å². The van der Waals surface area contributed by atoms with Gasteiger partial charge in [0.1, 0.15) is 16.2 Å². The SMILES string of the molecule is CC(C)(C)OC(=O)N1CCC(C#N)(c2cc(Cl)nc(Cl)n2)CC1. The first-order valence-electron chi connectivity index (χ1n) is 7.25. The Balaban J connectivity index is 2.14. The summed E-state index contributed by atoms with van der Waals surface area (Å²) in [6.07, 6.45) is 0.501. The van der Waals surface area contributed by atoms with Crippen molar-refractivity contribution < 1.29 is 9.53 Å². The lowest BCUT2D eigenvalue weighted by molar-refractivity contribution is 0.0184. The van der Waals surface area contributed by atoms with Gasteiger partial charge in [-0.3, -0.25) is 0 Å². The summed E-state index contributed by atoms with van der Waals surface area (Å²) in [5.74, 6) is 0. The van der Waals surface area contributed by atoms with Crippen LogP contribution in [0.15, 0.2) is 6.07 Å². The van der Waals surface area contributed by atoms with Crippen molar-refractivity contribution in [1.29, 1.82) is 5.26 Å². The molecule has 0 radical (unpaired) electrons. The summed E-state index contributed by atoms with van der Waals surface area (Å²) in [6, 6.07) is 3.86. The lowest BCUT2D eigenvalue weighted by atomic mass is 9.77. The number of carbonyl (C=O) groups is 1. The maximum atomic E-state index is 12.1. The second kappa shape index (κ2) is 6.50. The number of nitriles is 1. The van der Waals surface area contributed by atoms with E-state index in [0.29, 0.717) is 31.6 Å². The van der Waals surface area contributed by atoms with Crippen molar-refractivity contribution in [2.45, 2.75) is 44.6 Å². The number of carbonyl (C=O) groups excluding carboxylic acids is 1. The highest BCUT2D eigenvalue weighted by molar-refractivity contribution is 6.31. The normalized spacial score (nSPS) is 17.5. The average molecular weight is 357 g/mol. The molecule has 0 spiro atoms. The molecule has 0 atom stereocenters. The number of ether oxygens (including phenoxy) is 1. The fraction of sp³-hybridized carbons (Fsp3) is 0.600. The summed E-state index contributed by atoms with van der Waals surface area (Å²) in [4.78, 5) is 21.7. The third-order valence-electron chi connectivity index (χ3n) is 3.64. The molecule has 0 saturated carbocycles. The van der Waals surface area contributed by atoms with Gasteiger partial charge >= 0.3 is 6.09 Å². The van der Waals surface area contributed by atoms with Gasteiger partial charge in [-0.2, -0.15) is 5.26 Å². The number of rotatable bonds is 1. The molecule has 1 amide bonds. The van der Waals surface area contributed by atoms with Crippen LogP contribution < -0.4 is 0 Å². The van der Waals surface area contributed by atoms with Crippen LogP contribution >= 0.6 is 23.2 Å². The molecule has 2 rings (SSSR count). The lowest BCUT2D eigenvalue weighted by Crippen LogP contribution is -2.46. The summed E-state index contributed by atoms with van der Waals surface area (Å²) in [7, 11) is 0. The van der Waals surface area contributed by atoms with E-state index in [1.165, 1.54) is 0 Å². The Morgan fingerprint density at radius 3 is 2.43 bits per heavy atom. The minimum Gasteiger partial charge on any atom is -0.444 e. The smallest absolute Gasteiger partial charge is 0.410 e. The van der Waals surface area contributed by atoms with Gasteiger partial charge in [0.2, 0.25) is 5.28 Å². The van der Waals surface area contributed by atoms with E-state index in [4.69, 9.17) is 27.9 Å². The Morgan fingerprint density at radius 2 is 1.96 bits per heavy atom. The van der Waals surface area contributed by atoms with Crippen LogP contribution in [-0.2, 0) is 10.2 Å². The largest absolute Gasteiger partial charge is 0.444 e.